The topological polar surface area (TPSA) is 48.0 Å². The third-order valence-electron chi connectivity index (χ3n) is 5.24. The largest absolute Gasteiger partial charge is 0.492 e. The molecule has 0 aliphatic carbocycles. The number of carbonyl (C=O) groups is 1. The third-order valence-corrected chi connectivity index (χ3v) is 5.24. The molecule has 5 heteroatoms. The summed E-state index contributed by atoms with van der Waals surface area (Å²) in [6.45, 7) is 3.04. The number of hydrogen-bond acceptors (Lipinski definition) is 4. The van der Waals surface area contributed by atoms with Crippen LogP contribution in [-0.4, -0.2) is 49.5 Å². The second kappa shape index (κ2) is 8.11. The van der Waals surface area contributed by atoms with Gasteiger partial charge in [-0.3, -0.25) is 4.79 Å². The van der Waals surface area contributed by atoms with Crippen molar-refractivity contribution < 1.29 is 19.0 Å². The summed E-state index contributed by atoms with van der Waals surface area (Å²) in [6.07, 6.45) is 1.87. The molecular formula is C22H25NO4. The Balaban J connectivity index is 1.30. The number of rotatable bonds is 5. The average molecular weight is 367 g/mol. The molecule has 142 valence electrons. The van der Waals surface area contributed by atoms with Crippen molar-refractivity contribution in [1.82, 2.24) is 4.90 Å². The lowest BCUT2D eigenvalue weighted by Crippen LogP contribution is -2.47. The van der Waals surface area contributed by atoms with Crippen molar-refractivity contribution in [3.8, 4) is 16.9 Å². The van der Waals surface area contributed by atoms with Gasteiger partial charge in [0.2, 0.25) is 5.91 Å². The Morgan fingerprint density at radius 3 is 2.37 bits per heavy atom. The van der Waals surface area contributed by atoms with E-state index in [1.807, 2.05) is 47.4 Å². The first-order valence-electron chi connectivity index (χ1n) is 9.59. The van der Waals surface area contributed by atoms with Crippen LogP contribution < -0.4 is 4.74 Å². The molecule has 2 fully saturated rings. The first-order chi connectivity index (χ1) is 13.3. The van der Waals surface area contributed by atoms with Gasteiger partial charge in [-0.15, -0.1) is 0 Å². The molecule has 2 heterocycles. The molecular weight excluding hydrogens is 342 g/mol. The first-order valence-corrected chi connectivity index (χ1v) is 9.59. The van der Waals surface area contributed by atoms with E-state index in [0.29, 0.717) is 39.3 Å². The van der Waals surface area contributed by atoms with E-state index in [1.54, 1.807) is 0 Å². The van der Waals surface area contributed by atoms with E-state index in [2.05, 4.69) is 12.1 Å². The fraction of sp³-hybridized carbons (Fsp3) is 0.409. The summed E-state index contributed by atoms with van der Waals surface area (Å²) in [5, 5.41) is 0. The summed E-state index contributed by atoms with van der Waals surface area (Å²) in [5.41, 5.74) is 2.15. The number of ether oxygens (including phenoxy) is 3. The molecule has 0 atom stereocenters. The minimum absolute atomic E-state index is 0.125. The number of benzene rings is 2. The molecule has 2 aliphatic heterocycles. The van der Waals surface area contributed by atoms with Gasteiger partial charge in [-0.1, -0.05) is 48.5 Å². The second-order valence-corrected chi connectivity index (χ2v) is 6.95. The van der Waals surface area contributed by atoms with Crippen molar-refractivity contribution in [2.45, 2.75) is 25.0 Å². The van der Waals surface area contributed by atoms with Gasteiger partial charge in [0.25, 0.3) is 0 Å². The standard InChI is InChI=1S/C22H25NO4/c24-21(23-13-11-22(12-14-23)26-16-17-27-22)10-15-25-20-9-5-4-8-19(20)18-6-2-1-3-7-18/h1-9H,10-17H2. The van der Waals surface area contributed by atoms with E-state index >= 15 is 0 Å². The molecule has 0 radical (unpaired) electrons. The van der Waals surface area contributed by atoms with Gasteiger partial charge in [0.1, 0.15) is 5.75 Å². The van der Waals surface area contributed by atoms with Crippen molar-refractivity contribution >= 4 is 5.91 Å². The van der Waals surface area contributed by atoms with Crippen molar-refractivity contribution in [3.05, 3.63) is 54.6 Å². The van der Waals surface area contributed by atoms with E-state index in [1.165, 1.54) is 0 Å². The molecule has 1 amide bonds. The number of nitrogens with zero attached hydrogens (tertiary/aromatic N) is 1. The highest BCUT2D eigenvalue weighted by Crippen LogP contribution is 2.32. The SMILES string of the molecule is O=C(CCOc1ccccc1-c1ccccc1)N1CCC2(CC1)OCCO2. The molecule has 0 unspecified atom stereocenters. The highest BCUT2D eigenvalue weighted by atomic mass is 16.7. The molecule has 2 aliphatic rings. The monoisotopic (exact) mass is 367 g/mol. The quantitative estimate of drug-likeness (QED) is 0.812. The van der Waals surface area contributed by atoms with Gasteiger partial charge in [0, 0.05) is 31.5 Å². The highest BCUT2D eigenvalue weighted by molar-refractivity contribution is 5.76. The van der Waals surface area contributed by atoms with E-state index < -0.39 is 5.79 Å². The highest BCUT2D eigenvalue weighted by Gasteiger charge is 2.40. The molecule has 4 rings (SSSR count). The maximum Gasteiger partial charge on any atom is 0.226 e. The summed E-state index contributed by atoms with van der Waals surface area (Å²) in [6, 6.07) is 18.1. The lowest BCUT2D eigenvalue weighted by molar-refractivity contribution is -0.187. The van der Waals surface area contributed by atoms with Crippen LogP contribution in [0.15, 0.2) is 54.6 Å². The number of carbonyl (C=O) groups excluding carboxylic acids is 1. The van der Waals surface area contributed by atoms with Crippen LogP contribution >= 0.6 is 0 Å². The Bertz CT molecular complexity index is 761. The summed E-state index contributed by atoms with van der Waals surface area (Å²) in [5.74, 6) is 0.490. The van der Waals surface area contributed by atoms with Crippen LogP contribution in [0.2, 0.25) is 0 Å². The minimum atomic E-state index is -0.443. The Labute approximate surface area is 159 Å². The van der Waals surface area contributed by atoms with Crippen LogP contribution in [0.4, 0.5) is 0 Å². The van der Waals surface area contributed by atoms with Gasteiger partial charge in [0.05, 0.1) is 26.2 Å². The van der Waals surface area contributed by atoms with Crippen LogP contribution in [0.25, 0.3) is 11.1 Å². The van der Waals surface area contributed by atoms with Crippen LogP contribution in [-0.2, 0) is 14.3 Å². The van der Waals surface area contributed by atoms with Crippen molar-refractivity contribution in [3.63, 3.8) is 0 Å². The maximum atomic E-state index is 12.5. The Morgan fingerprint density at radius 2 is 1.63 bits per heavy atom. The number of piperidine rings is 1. The predicted molar refractivity (Wildman–Crippen MR) is 102 cm³/mol. The zero-order valence-corrected chi connectivity index (χ0v) is 15.4. The lowest BCUT2D eigenvalue weighted by atomic mass is 10.0. The molecule has 5 nitrogen and oxygen atoms in total. The smallest absolute Gasteiger partial charge is 0.226 e. The number of hydrogen-bond donors (Lipinski definition) is 0. The van der Waals surface area contributed by atoms with Crippen LogP contribution in [0, 0.1) is 0 Å². The molecule has 0 aromatic heterocycles. The number of para-hydroxylation sites is 1. The molecule has 2 aromatic carbocycles. The number of likely N-dealkylation sites (tertiary alicyclic amines) is 1. The molecule has 0 saturated carbocycles. The first kappa shape index (κ1) is 18.0. The lowest BCUT2D eigenvalue weighted by Gasteiger charge is -2.37. The molecule has 1 spiro atoms. The van der Waals surface area contributed by atoms with E-state index in [-0.39, 0.29) is 5.91 Å². The minimum Gasteiger partial charge on any atom is -0.492 e. The van der Waals surface area contributed by atoms with E-state index in [4.69, 9.17) is 14.2 Å². The molecule has 27 heavy (non-hydrogen) atoms. The van der Waals surface area contributed by atoms with Crippen molar-refractivity contribution in [2.75, 3.05) is 32.9 Å². The van der Waals surface area contributed by atoms with Crippen LogP contribution in [0.5, 0.6) is 5.75 Å². The fourth-order valence-corrected chi connectivity index (χ4v) is 3.74. The zero-order chi connectivity index (χ0) is 18.5. The molecule has 0 bridgehead atoms. The fourth-order valence-electron chi connectivity index (χ4n) is 3.74. The van der Waals surface area contributed by atoms with E-state index in [0.717, 1.165) is 29.7 Å². The van der Waals surface area contributed by atoms with Crippen molar-refractivity contribution in [1.29, 1.82) is 0 Å². The van der Waals surface area contributed by atoms with Crippen molar-refractivity contribution in [2.24, 2.45) is 0 Å². The van der Waals surface area contributed by atoms with Crippen LogP contribution in [0.3, 0.4) is 0 Å². The van der Waals surface area contributed by atoms with Gasteiger partial charge < -0.3 is 19.1 Å². The normalized spacial score (nSPS) is 18.6. The maximum absolute atomic E-state index is 12.5. The van der Waals surface area contributed by atoms with Gasteiger partial charge >= 0.3 is 0 Å². The molecule has 2 saturated heterocycles. The van der Waals surface area contributed by atoms with Gasteiger partial charge in [-0.05, 0) is 11.6 Å². The van der Waals surface area contributed by atoms with Gasteiger partial charge in [-0.25, -0.2) is 0 Å². The summed E-state index contributed by atoms with van der Waals surface area (Å²) in [7, 11) is 0. The summed E-state index contributed by atoms with van der Waals surface area (Å²) >= 11 is 0. The Morgan fingerprint density at radius 1 is 0.963 bits per heavy atom. The Hall–Kier alpha value is -2.37. The molecule has 2 aromatic rings. The van der Waals surface area contributed by atoms with E-state index in [9.17, 15) is 4.79 Å². The third kappa shape index (κ3) is 4.15. The van der Waals surface area contributed by atoms with Gasteiger partial charge in [0.15, 0.2) is 5.79 Å². The average Bonchev–Trinajstić information content (AvgIpc) is 3.17. The van der Waals surface area contributed by atoms with Crippen LogP contribution in [0.1, 0.15) is 19.3 Å². The second-order valence-electron chi connectivity index (χ2n) is 6.95. The Kier molecular flexibility index (Phi) is 5.41. The van der Waals surface area contributed by atoms with Gasteiger partial charge in [-0.2, -0.15) is 0 Å². The summed E-state index contributed by atoms with van der Waals surface area (Å²) < 4.78 is 17.4. The molecule has 0 N–H and O–H groups in total. The zero-order valence-electron chi connectivity index (χ0n) is 15.4. The number of amides is 1. The summed E-state index contributed by atoms with van der Waals surface area (Å²) in [4.78, 5) is 14.4. The predicted octanol–water partition coefficient (Wildman–Crippen LogP) is 3.49.